The third kappa shape index (κ3) is 3.49. The number of nitrogens with one attached hydrogen (secondary N) is 1. The van der Waals surface area contributed by atoms with Crippen molar-refractivity contribution in [1.29, 1.82) is 0 Å². The van der Waals surface area contributed by atoms with Gasteiger partial charge in [-0.05, 0) is 29.2 Å². The van der Waals surface area contributed by atoms with E-state index in [-0.39, 0.29) is 37.6 Å². The van der Waals surface area contributed by atoms with E-state index in [1.54, 1.807) is 0 Å². The van der Waals surface area contributed by atoms with E-state index in [0.717, 1.165) is 22.3 Å². The van der Waals surface area contributed by atoms with E-state index in [1.165, 1.54) is 0 Å². The summed E-state index contributed by atoms with van der Waals surface area (Å²) in [4.78, 5) is 24.0. The molecule has 1 heterocycles. The van der Waals surface area contributed by atoms with E-state index < -0.39 is 17.6 Å². The minimum absolute atomic E-state index is 0.0419. The van der Waals surface area contributed by atoms with Crippen LogP contribution in [0.4, 0.5) is 4.79 Å². The van der Waals surface area contributed by atoms with Gasteiger partial charge in [0.1, 0.15) is 6.61 Å². The van der Waals surface area contributed by atoms with E-state index in [4.69, 9.17) is 9.47 Å². The maximum atomic E-state index is 12.6. The Hall–Kier alpha value is -2.86. The Morgan fingerprint density at radius 3 is 2.21 bits per heavy atom. The van der Waals surface area contributed by atoms with Gasteiger partial charge in [0.25, 0.3) is 0 Å². The zero-order valence-corrected chi connectivity index (χ0v) is 16.6. The van der Waals surface area contributed by atoms with E-state index in [9.17, 15) is 14.7 Å². The second kappa shape index (κ2) is 7.52. The molecule has 1 fully saturated rings. The smallest absolute Gasteiger partial charge is 0.407 e. The number of alkyl carbamates (subject to hydrolysis) is 1. The van der Waals surface area contributed by atoms with Gasteiger partial charge < -0.3 is 19.9 Å². The van der Waals surface area contributed by atoms with Crippen LogP contribution in [0.1, 0.15) is 37.3 Å². The molecule has 6 nitrogen and oxygen atoms in total. The van der Waals surface area contributed by atoms with Crippen molar-refractivity contribution in [2.75, 3.05) is 13.2 Å². The van der Waals surface area contributed by atoms with Gasteiger partial charge in [-0.3, -0.25) is 4.79 Å². The minimum atomic E-state index is -0.978. The topological polar surface area (TPSA) is 84.9 Å². The molecule has 1 aliphatic heterocycles. The molecular formula is C23H25NO5. The normalized spacial score (nSPS) is 25.3. The molecule has 2 aromatic carbocycles. The van der Waals surface area contributed by atoms with Gasteiger partial charge in [-0.1, -0.05) is 55.5 Å². The van der Waals surface area contributed by atoms with Crippen LogP contribution in [0.15, 0.2) is 48.5 Å². The number of carboxylic acids is 1. The van der Waals surface area contributed by atoms with Gasteiger partial charge in [0.05, 0.1) is 24.7 Å². The van der Waals surface area contributed by atoms with Crippen LogP contribution in [-0.4, -0.2) is 42.0 Å². The summed E-state index contributed by atoms with van der Waals surface area (Å²) in [6.07, 6.45) is -0.955. The van der Waals surface area contributed by atoms with Crippen molar-refractivity contribution < 1.29 is 24.2 Å². The van der Waals surface area contributed by atoms with E-state index in [0.29, 0.717) is 0 Å². The second-order valence-corrected chi connectivity index (χ2v) is 7.98. The lowest BCUT2D eigenvalue weighted by molar-refractivity contribution is -0.139. The van der Waals surface area contributed by atoms with Crippen molar-refractivity contribution in [3.05, 3.63) is 59.7 Å². The molecule has 3 atom stereocenters. The number of aliphatic carboxylic acids is 1. The molecule has 1 saturated heterocycles. The van der Waals surface area contributed by atoms with Gasteiger partial charge in [-0.15, -0.1) is 0 Å². The second-order valence-electron chi connectivity index (χ2n) is 7.98. The SMILES string of the molecule is CC1OCC(CC(=O)O)(NC(=O)OCC2c3ccccc3-c3ccccc32)C1C. The summed E-state index contributed by atoms with van der Waals surface area (Å²) in [6.45, 7) is 4.12. The first-order valence-electron chi connectivity index (χ1n) is 9.88. The highest BCUT2D eigenvalue weighted by Crippen LogP contribution is 2.44. The van der Waals surface area contributed by atoms with Gasteiger partial charge in [-0.25, -0.2) is 4.79 Å². The van der Waals surface area contributed by atoms with Crippen LogP contribution < -0.4 is 5.32 Å². The highest BCUT2D eigenvalue weighted by Gasteiger charge is 2.48. The molecule has 3 unspecified atom stereocenters. The average Bonchev–Trinajstić information content (AvgIpc) is 3.16. The summed E-state index contributed by atoms with van der Waals surface area (Å²) >= 11 is 0. The summed E-state index contributed by atoms with van der Waals surface area (Å²) < 4.78 is 11.2. The number of carbonyl (C=O) groups excluding carboxylic acids is 1. The fourth-order valence-electron chi connectivity index (χ4n) is 4.52. The molecule has 29 heavy (non-hydrogen) atoms. The molecule has 2 aromatic rings. The summed E-state index contributed by atoms with van der Waals surface area (Å²) in [6, 6.07) is 16.2. The Kier molecular flexibility index (Phi) is 5.04. The Morgan fingerprint density at radius 2 is 1.69 bits per heavy atom. The maximum Gasteiger partial charge on any atom is 0.407 e. The molecule has 0 radical (unpaired) electrons. The van der Waals surface area contributed by atoms with Crippen molar-refractivity contribution in [1.82, 2.24) is 5.32 Å². The van der Waals surface area contributed by atoms with E-state index in [1.807, 2.05) is 38.1 Å². The van der Waals surface area contributed by atoms with Crippen molar-refractivity contribution >= 4 is 12.1 Å². The van der Waals surface area contributed by atoms with Crippen LogP contribution in [0, 0.1) is 5.92 Å². The minimum Gasteiger partial charge on any atom is -0.481 e. The van der Waals surface area contributed by atoms with Crippen molar-refractivity contribution in [2.45, 2.75) is 37.8 Å². The molecule has 2 aliphatic rings. The number of fused-ring (bicyclic) bond motifs is 3. The predicted octanol–water partition coefficient (Wildman–Crippen LogP) is 3.79. The highest BCUT2D eigenvalue weighted by atomic mass is 16.6. The summed E-state index contributed by atoms with van der Waals surface area (Å²) in [5.74, 6) is -1.16. The molecule has 0 bridgehead atoms. The van der Waals surface area contributed by atoms with E-state index in [2.05, 4.69) is 29.6 Å². The van der Waals surface area contributed by atoms with Crippen LogP contribution >= 0.6 is 0 Å². The predicted molar refractivity (Wildman–Crippen MR) is 108 cm³/mol. The summed E-state index contributed by atoms with van der Waals surface area (Å²) in [7, 11) is 0. The Morgan fingerprint density at radius 1 is 1.10 bits per heavy atom. The molecule has 6 heteroatoms. The molecule has 0 spiro atoms. The van der Waals surface area contributed by atoms with Crippen LogP contribution in [0.3, 0.4) is 0 Å². The third-order valence-corrected chi connectivity index (χ3v) is 6.34. The van der Waals surface area contributed by atoms with Crippen LogP contribution in [0.25, 0.3) is 11.1 Å². The van der Waals surface area contributed by atoms with Crippen molar-refractivity contribution in [2.24, 2.45) is 5.92 Å². The first-order valence-corrected chi connectivity index (χ1v) is 9.88. The zero-order chi connectivity index (χ0) is 20.6. The Labute approximate surface area is 169 Å². The first-order chi connectivity index (χ1) is 13.9. The largest absolute Gasteiger partial charge is 0.481 e. The fourth-order valence-corrected chi connectivity index (χ4v) is 4.52. The number of benzene rings is 2. The van der Waals surface area contributed by atoms with Gasteiger partial charge in [0.2, 0.25) is 0 Å². The quantitative estimate of drug-likeness (QED) is 0.805. The number of hydrogen-bond donors (Lipinski definition) is 2. The fraction of sp³-hybridized carbons (Fsp3) is 0.391. The Bertz CT molecular complexity index is 897. The number of hydrogen-bond acceptors (Lipinski definition) is 4. The van der Waals surface area contributed by atoms with Gasteiger partial charge in [0.15, 0.2) is 0 Å². The number of carboxylic acid groups (broad SMARTS) is 1. The number of amides is 1. The highest BCUT2D eigenvalue weighted by molar-refractivity contribution is 5.79. The molecule has 0 aromatic heterocycles. The summed E-state index contributed by atoms with van der Waals surface area (Å²) in [5.41, 5.74) is 3.62. The van der Waals surface area contributed by atoms with Gasteiger partial charge in [0, 0.05) is 11.8 Å². The maximum absolute atomic E-state index is 12.6. The number of rotatable bonds is 5. The van der Waals surface area contributed by atoms with Crippen LogP contribution in [-0.2, 0) is 14.3 Å². The lowest BCUT2D eigenvalue weighted by Crippen LogP contribution is -2.55. The first kappa shape index (κ1) is 19.5. The zero-order valence-electron chi connectivity index (χ0n) is 16.6. The lowest BCUT2D eigenvalue weighted by Gasteiger charge is -2.32. The van der Waals surface area contributed by atoms with E-state index >= 15 is 0 Å². The van der Waals surface area contributed by atoms with Gasteiger partial charge in [-0.2, -0.15) is 0 Å². The molecular weight excluding hydrogens is 370 g/mol. The number of ether oxygens (including phenoxy) is 2. The lowest BCUT2D eigenvalue weighted by atomic mass is 9.82. The molecule has 4 rings (SSSR count). The molecule has 1 amide bonds. The average molecular weight is 395 g/mol. The molecule has 2 N–H and O–H groups in total. The third-order valence-electron chi connectivity index (χ3n) is 6.34. The van der Waals surface area contributed by atoms with Crippen LogP contribution in [0.5, 0.6) is 0 Å². The Balaban J connectivity index is 1.49. The molecule has 152 valence electrons. The monoisotopic (exact) mass is 395 g/mol. The number of carbonyl (C=O) groups is 2. The standard InChI is InChI=1S/C23H25NO5/c1-14-15(2)29-13-23(14,11-21(25)26)24-22(27)28-12-20-18-9-5-3-7-16(18)17-8-4-6-10-19(17)20/h3-10,14-15,20H,11-13H2,1-2H3,(H,24,27)(H,25,26). The van der Waals surface area contributed by atoms with Gasteiger partial charge >= 0.3 is 12.1 Å². The molecule has 0 saturated carbocycles. The molecule has 1 aliphatic carbocycles. The van der Waals surface area contributed by atoms with Crippen molar-refractivity contribution in [3.8, 4) is 11.1 Å². The van der Waals surface area contributed by atoms with Crippen molar-refractivity contribution in [3.63, 3.8) is 0 Å². The summed E-state index contributed by atoms with van der Waals surface area (Å²) in [5, 5.41) is 12.1. The van der Waals surface area contributed by atoms with Crippen LogP contribution in [0.2, 0.25) is 0 Å².